The lowest BCUT2D eigenvalue weighted by Crippen LogP contribution is -2.58. The minimum absolute atomic E-state index is 0.142. The smallest absolute Gasteiger partial charge is 0.326 e. The molecule has 0 spiro atoms. The summed E-state index contributed by atoms with van der Waals surface area (Å²) in [4.78, 5) is 58.6. The number of amides is 4. The van der Waals surface area contributed by atoms with Crippen molar-refractivity contribution in [2.75, 3.05) is 18.6 Å². The predicted octanol–water partition coefficient (Wildman–Crippen LogP) is -3.51. The van der Waals surface area contributed by atoms with Gasteiger partial charge in [0.25, 0.3) is 0 Å². The highest BCUT2D eigenvalue weighted by atomic mass is 32.2. The monoisotopic (exact) mass is 421 g/mol. The average Bonchev–Trinajstić information content (AvgIpc) is 2.61. The van der Waals surface area contributed by atoms with E-state index in [1.807, 2.05) is 0 Å². The fourth-order valence-electron chi connectivity index (χ4n) is 1.95. The summed E-state index contributed by atoms with van der Waals surface area (Å²) in [6, 6.07) is -5.08. The van der Waals surface area contributed by atoms with Gasteiger partial charge in [-0.05, 0) is 25.4 Å². The summed E-state index contributed by atoms with van der Waals surface area (Å²) in [5.41, 5.74) is 10.4. The molecular formula is C15H27N5O7S. The zero-order valence-corrected chi connectivity index (χ0v) is 16.5. The highest BCUT2D eigenvalue weighted by Crippen LogP contribution is 2.02. The zero-order chi connectivity index (χ0) is 21.9. The van der Waals surface area contributed by atoms with Gasteiger partial charge in [-0.2, -0.15) is 11.8 Å². The van der Waals surface area contributed by atoms with Crippen molar-refractivity contribution >= 4 is 41.4 Å². The van der Waals surface area contributed by atoms with E-state index in [4.69, 9.17) is 16.6 Å². The standard InChI is InChI=1S/C15H27N5O7S/c1-7(16)12(23)19-9(5-11(17)22)13(24)20-10(6-21)14(25)18-8(15(26)27)3-4-28-2/h7-10,21H,3-6,16H2,1-2H3,(H2,17,22)(H,18,25)(H,19,23)(H,20,24)(H,26,27). The largest absolute Gasteiger partial charge is 0.480 e. The van der Waals surface area contributed by atoms with Crippen LogP contribution in [0.5, 0.6) is 0 Å². The molecule has 4 atom stereocenters. The molecule has 4 unspecified atom stereocenters. The number of nitrogens with one attached hydrogen (secondary N) is 3. The molecule has 9 N–H and O–H groups in total. The number of hydrogen-bond acceptors (Lipinski definition) is 8. The number of aliphatic hydroxyl groups excluding tert-OH is 1. The van der Waals surface area contributed by atoms with Gasteiger partial charge in [0.2, 0.25) is 23.6 Å². The van der Waals surface area contributed by atoms with E-state index in [0.29, 0.717) is 5.75 Å². The van der Waals surface area contributed by atoms with Gasteiger partial charge < -0.3 is 37.6 Å². The lowest BCUT2D eigenvalue weighted by Gasteiger charge is -2.23. The van der Waals surface area contributed by atoms with Crippen molar-refractivity contribution in [3.8, 4) is 0 Å². The number of aliphatic hydroxyl groups is 1. The third-order valence-corrected chi connectivity index (χ3v) is 4.14. The van der Waals surface area contributed by atoms with E-state index in [2.05, 4.69) is 16.0 Å². The molecule has 0 heterocycles. The van der Waals surface area contributed by atoms with Crippen LogP contribution in [0.3, 0.4) is 0 Å². The maximum absolute atomic E-state index is 12.3. The molecule has 0 aromatic carbocycles. The number of carbonyl (C=O) groups excluding carboxylic acids is 4. The number of hydrogen-bond donors (Lipinski definition) is 7. The van der Waals surface area contributed by atoms with Crippen molar-refractivity contribution < 1.29 is 34.2 Å². The Bertz CT molecular complexity index is 587. The molecule has 0 aliphatic carbocycles. The molecule has 0 saturated heterocycles. The number of nitrogens with two attached hydrogens (primary N) is 2. The van der Waals surface area contributed by atoms with Crippen LogP contribution < -0.4 is 27.4 Å². The first kappa shape index (κ1) is 25.6. The first-order valence-electron chi connectivity index (χ1n) is 8.31. The molecule has 0 aromatic heterocycles. The third-order valence-electron chi connectivity index (χ3n) is 3.49. The summed E-state index contributed by atoms with van der Waals surface area (Å²) in [5, 5.41) is 25.1. The Hall–Kier alpha value is -2.38. The van der Waals surface area contributed by atoms with Gasteiger partial charge in [-0.15, -0.1) is 0 Å². The molecule has 0 rings (SSSR count). The Labute approximate surface area is 166 Å². The summed E-state index contributed by atoms with van der Waals surface area (Å²) in [7, 11) is 0. The number of rotatable bonds is 13. The van der Waals surface area contributed by atoms with Gasteiger partial charge in [0.05, 0.1) is 19.1 Å². The van der Waals surface area contributed by atoms with Crippen molar-refractivity contribution in [2.24, 2.45) is 11.5 Å². The van der Waals surface area contributed by atoms with E-state index in [0.717, 1.165) is 0 Å². The van der Waals surface area contributed by atoms with Crippen molar-refractivity contribution in [3.05, 3.63) is 0 Å². The average molecular weight is 421 g/mol. The van der Waals surface area contributed by atoms with Crippen LogP contribution in [-0.2, 0) is 24.0 Å². The maximum Gasteiger partial charge on any atom is 0.326 e. The minimum Gasteiger partial charge on any atom is -0.480 e. The molecular weight excluding hydrogens is 394 g/mol. The van der Waals surface area contributed by atoms with Gasteiger partial charge in [0, 0.05) is 0 Å². The Morgan fingerprint density at radius 3 is 1.89 bits per heavy atom. The molecule has 0 saturated carbocycles. The molecule has 0 aliphatic heterocycles. The fraction of sp³-hybridized carbons (Fsp3) is 0.667. The quantitative estimate of drug-likeness (QED) is 0.157. The Morgan fingerprint density at radius 2 is 1.46 bits per heavy atom. The second-order valence-corrected chi connectivity index (χ2v) is 6.93. The van der Waals surface area contributed by atoms with Gasteiger partial charge in [0.1, 0.15) is 18.1 Å². The summed E-state index contributed by atoms with van der Waals surface area (Å²) in [5.74, 6) is -4.30. The van der Waals surface area contributed by atoms with E-state index in [1.54, 1.807) is 6.26 Å². The molecule has 4 amide bonds. The highest BCUT2D eigenvalue weighted by Gasteiger charge is 2.30. The molecule has 28 heavy (non-hydrogen) atoms. The molecule has 160 valence electrons. The highest BCUT2D eigenvalue weighted by molar-refractivity contribution is 7.98. The van der Waals surface area contributed by atoms with Gasteiger partial charge >= 0.3 is 5.97 Å². The lowest BCUT2D eigenvalue weighted by atomic mass is 10.1. The third kappa shape index (κ3) is 9.53. The van der Waals surface area contributed by atoms with E-state index < -0.39 is 66.8 Å². The van der Waals surface area contributed by atoms with Crippen LogP contribution in [0.4, 0.5) is 0 Å². The Morgan fingerprint density at radius 1 is 0.964 bits per heavy atom. The van der Waals surface area contributed by atoms with Gasteiger partial charge in [-0.3, -0.25) is 19.2 Å². The first-order valence-corrected chi connectivity index (χ1v) is 9.70. The summed E-state index contributed by atoms with van der Waals surface area (Å²) in [6.45, 7) is 0.524. The van der Waals surface area contributed by atoms with E-state index in [9.17, 15) is 29.1 Å². The summed E-state index contributed by atoms with van der Waals surface area (Å²) < 4.78 is 0. The second-order valence-electron chi connectivity index (χ2n) is 5.94. The van der Waals surface area contributed by atoms with Gasteiger partial charge in [0.15, 0.2) is 0 Å². The molecule has 0 aromatic rings. The number of thioether (sulfide) groups is 1. The SMILES string of the molecule is CSCCC(NC(=O)C(CO)NC(=O)C(CC(N)=O)NC(=O)C(C)N)C(=O)O. The summed E-state index contributed by atoms with van der Waals surface area (Å²) in [6.07, 6.45) is 1.35. The molecule has 0 radical (unpaired) electrons. The number of carboxylic acid groups (broad SMARTS) is 1. The first-order chi connectivity index (χ1) is 13.0. The minimum atomic E-state index is -1.49. The van der Waals surface area contributed by atoms with Crippen molar-refractivity contribution in [1.29, 1.82) is 0 Å². The van der Waals surface area contributed by atoms with Crippen LogP contribution in [0.15, 0.2) is 0 Å². The van der Waals surface area contributed by atoms with Crippen molar-refractivity contribution in [2.45, 2.75) is 43.9 Å². The van der Waals surface area contributed by atoms with Gasteiger partial charge in [-0.1, -0.05) is 0 Å². The zero-order valence-electron chi connectivity index (χ0n) is 15.6. The number of carboxylic acids is 1. The molecule has 0 fully saturated rings. The normalized spacial score (nSPS) is 14.9. The van der Waals surface area contributed by atoms with Crippen molar-refractivity contribution in [3.63, 3.8) is 0 Å². The second kappa shape index (κ2) is 12.9. The maximum atomic E-state index is 12.3. The van der Waals surface area contributed by atoms with Gasteiger partial charge in [-0.25, -0.2) is 4.79 Å². The molecule has 13 heteroatoms. The number of aliphatic carboxylic acids is 1. The van der Waals surface area contributed by atoms with Crippen LogP contribution >= 0.6 is 11.8 Å². The Kier molecular flexibility index (Phi) is 11.8. The lowest BCUT2D eigenvalue weighted by molar-refractivity contribution is -0.142. The topological polar surface area (TPSA) is 214 Å². The van der Waals surface area contributed by atoms with Crippen LogP contribution in [0.1, 0.15) is 19.8 Å². The van der Waals surface area contributed by atoms with Crippen LogP contribution in [0, 0.1) is 0 Å². The van der Waals surface area contributed by atoms with Crippen molar-refractivity contribution in [1.82, 2.24) is 16.0 Å². The molecule has 0 bridgehead atoms. The van der Waals surface area contributed by atoms with Crippen LogP contribution in [-0.4, -0.2) is 82.6 Å². The van der Waals surface area contributed by atoms with E-state index in [1.165, 1.54) is 18.7 Å². The fourth-order valence-corrected chi connectivity index (χ4v) is 2.42. The molecule has 12 nitrogen and oxygen atoms in total. The predicted molar refractivity (Wildman–Crippen MR) is 101 cm³/mol. The van der Waals surface area contributed by atoms with Crippen LogP contribution in [0.2, 0.25) is 0 Å². The van der Waals surface area contributed by atoms with E-state index in [-0.39, 0.29) is 6.42 Å². The number of primary amides is 1. The van der Waals surface area contributed by atoms with E-state index >= 15 is 0 Å². The summed E-state index contributed by atoms with van der Waals surface area (Å²) >= 11 is 1.39. The van der Waals surface area contributed by atoms with Crippen LogP contribution in [0.25, 0.3) is 0 Å². The Balaban J connectivity index is 5.12. The number of carbonyl (C=O) groups is 5. The molecule has 0 aliphatic rings.